The molecule has 0 bridgehead atoms. The van der Waals surface area contributed by atoms with Gasteiger partial charge in [0.1, 0.15) is 6.04 Å². The molecular formula is C8H15NO2. The van der Waals surface area contributed by atoms with Crippen LogP contribution >= 0.6 is 0 Å². The Morgan fingerprint density at radius 2 is 2.36 bits per heavy atom. The second kappa shape index (κ2) is 3.72. The third-order valence-electron chi connectivity index (χ3n) is 1.94. The average Bonchev–Trinajstić information content (AvgIpc) is 2.81. The first kappa shape index (κ1) is 8.53. The Morgan fingerprint density at radius 1 is 1.73 bits per heavy atom. The summed E-state index contributed by atoms with van der Waals surface area (Å²) in [7, 11) is 1.75. The summed E-state index contributed by atoms with van der Waals surface area (Å²) in [6.45, 7) is 2.42. The van der Waals surface area contributed by atoms with E-state index in [-0.39, 0.29) is 12.0 Å². The van der Waals surface area contributed by atoms with Gasteiger partial charge in [-0.05, 0) is 32.7 Å². The van der Waals surface area contributed by atoms with Crippen LogP contribution in [0.25, 0.3) is 0 Å². The zero-order chi connectivity index (χ0) is 8.27. The third-order valence-corrected chi connectivity index (χ3v) is 1.94. The van der Waals surface area contributed by atoms with Crippen molar-refractivity contribution in [2.45, 2.75) is 25.8 Å². The molecule has 0 aromatic heterocycles. The quantitative estimate of drug-likeness (QED) is 0.605. The highest BCUT2D eigenvalue weighted by Crippen LogP contribution is 2.28. The van der Waals surface area contributed by atoms with E-state index < -0.39 is 0 Å². The van der Waals surface area contributed by atoms with E-state index in [2.05, 4.69) is 5.32 Å². The number of ether oxygens (including phenoxy) is 1. The first-order chi connectivity index (χ1) is 5.24. The molecule has 1 atom stereocenters. The summed E-state index contributed by atoms with van der Waals surface area (Å²) in [5, 5.41) is 2.83. The highest BCUT2D eigenvalue weighted by molar-refractivity contribution is 5.75. The number of rotatable bonds is 4. The molecule has 0 spiro atoms. The smallest absolute Gasteiger partial charge is 0.322 e. The lowest BCUT2D eigenvalue weighted by Gasteiger charge is -2.08. The maximum absolute atomic E-state index is 11.0. The van der Waals surface area contributed by atoms with Crippen molar-refractivity contribution in [1.82, 2.24) is 5.32 Å². The molecule has 1 fully saturated rings. The zero-order valence-electron chi connectivity index (χ0n) is 7.09. The van der Waals surface area contributed by atoms with Gasteiger partial charge in [-0.1, -0.05) is 0 Å². The lowest BCUT2D eigenvalue weighted by atomic mass is 10.3. The van der Waals surface area contributed by atoms with E-state index in [0.717, 1.165) is 0 Å². The highest BCUT2D eigenvalue weighted by Gasteiger charge is 2.23. The molecule has 0 saturated heterocycles. The van der Waals surface area contributed by atoms with E-state index in [4.69, 9.17) is 4.74 Å². The van der Waals surface area contributed by atoms with Gasteiger partial charge in [-0.2, -0.15) is 0 Å². The van der Waals surface area contributed by atoms with Crippen molar-refractivity contribution < 1.29 is 9.53 Å². The topological polar surface area (TPSA) is 38.3 Å². The van der Waals surface area contributed by atoms with Crippen LogP contribution in [0.5, 0.6) is 0 Å². The summed E-state index contributed by atoms with van der Waals surface area (Å²) >= 11 is 0. The largest absolute Gasteiger partial charge is 0.464 e. The van der Waals surface area contributed by atoms with E-state index >= 15 is 0 Å². The summed E-state index contributed by atoms with van der Waals surface area (Å²) < 4.78 is 5.02. The van der Waals surface area contributed by atoms with Gasteiger partial charge < -0.3 is 10.1 Å². The van der Waals surface area contributed by atoms with Crippen LogP contribution in [-0.2, 0) is 9.53 Å². The second-order valence-electron chi connectivity index (χ2n) is 3.08. The van der Waals surface area contributed by atoms with Gasteiger partial charge >= 0.3 is 5.97 Å². The molecule has 0 heterocycles. The average molecular weight is 157 g/mol. The van der Waals surface area contributed by atoms with Gasteiger partial charge in [0, 0.05) is 0 Å². The minimum atomic E-state index is -0.172. The number of hydrogen-bond acceptors (Lipinski definition) is 3. The molecule has 1 aliphatic carbocycles. The molecule has 1 aliphatic rings. The van der Waals surface area contributed by atoms with Gasteiger partial charge in [0.2, 0.25) is 0 Å². The Kier molecular flexibility index (Phi) is 2.88. The Hall–Kier alpha value is -0.570. The van der Waals surface area contributed by atoms with Gasteiger partial charge in [-0.3, -0.25) is 4.79 Å². The standard InChI is InChI=1S/C8H15NO2/c1-6(9-2)8(10)11-5-7-3-4-7/h6-7,9H,3-5H2,1-2H3. The van der Waals surface area contributed by atoms with Crippen molar-refractivity contribution in [2.75, 3.05) is 13.7 Å². The summed E-state index contributed by atoms with van der Waals surface area (Å²) in [6.07, 6.45) is 2.45. The highest BCUT2D eigenvalue weighted by atomic mass is 16.5. The van der Waals surface area contributed by atoms with Gasteiger partial charge in [-0.15, -0.1) is 0 Å². The monoisotopic (exact) mass is 157 g/mol. The van der Waals surface area contributed by atoms with Crippen LogP contribution in [-0.4, -0.2) is 25.7 Å². The van der Waals surface area contributed by atoms with Gasteiger partial charge in [0.05, 0.1) is 6.61 Å². The van der Waals surface area contributed by atoms with Gasteiger partial charge in [-0.25, -0.2) is 0 Å². The van der Waals surface area contributed by atoms with Crippen LogP contribution in [0.15, 0.2) is 0 Å². The summed E-state index contributed by atoms with van der Waals surface area (Å²) in [5.41, 5.74) is 0. The molecule has 1 rings (SSSR count). The SMILES string of the molecule is CNC(C)C(=O)OCC1CC1. The fourth-order valence-electron chi connectivity index (χ4n) is 0.727. The lowest BCUT2D eigenvalue weighted by Crippen LogP contribution is -2.32. The number of carbonyl (C=O) groups is 1. The van der Waals surface area contributed by atoms with Crippen LogP contribution < -0.4 is 5.32 Å². The number of nitrogens with one attached hydrogen (secondary N) is 1. The fourth-order valence-corrected chi connectivity index (χ4v) is 0.727. The van der Waals surface area contributed by atoms with E-state index in [1.165, 1.54) is 12.8 Å². The number of likely N-dealkylation sites (N-methyl/N-ethyl adjacent to an activating group) is 1. The molecule has 1 N–H and O–H groups in total. The Labute approximate surface area is 67.1 Å². The lowest BCUT2D eigenvalue weighted by molar-refractivity contribution is -0.146. The second-order valence-corrected chi connectivity index (χ2v) is 3.08. The molecule has 1 saturated carbocycles. The first-order valence-corrected chi connectivity index (χ1v) is 4.08. The maximum Gasteiger partial charge on any atom is 0.322 e. The number of esters is 1. The minimum Gasteiger partial charge on any atom is -0.464 e. The van der Waals surface area contributed by atoms with Crippen LogP contribution in [0, 0.1) is 5.92 Å². The zero-order valence-corrected chi connectivity index (χ0v) is 7.09. The van der Waals surface area contributed by atoms with E-state index in [1.54, 1.807) is 14.0 Å². The third kappa shape index (κ3) is 2.89. The van der Waals surface area contributed by atoms with Crippen molar-refractivity contribution in [3.8, 4) is 0 Å². The molecule has 0 radical (unpaired) electrons. The molecule has 64 valence electrons. The van der Waals surface area contributed by atoms with E-state index in [0.29, 0.717) is 12.5 Å². The van der Waals surface area contributed by atoms with Crippen LogP contribution in [0.4, 0.5) is 0 Å². The van der Waals surface area contributed by atoms with E-state index in [9.17, 15) is 4.79 Å². The van der Waals surface area contributed by atoms with Crippen molar-refractivity contribution in [3.63, 3.8) is 0 Å². The molecule has 0 aliphatic heterocycles. The summed E-state index contributed by atoms with van der Waals surface area (Å²) in [5.74, 6) is 0.516. The number of hydrogen-bond donors (Lipinski definition) is 1. The normalized spacial score (nSPS) is 19.5. The van der Waals surface area contributed by atoms with E-state index in [1.807, 2.05) is 0 Å². The van der Waals surface area contributed by atoms with Gasteiger partial charge in [0.15, 0.2) is 0 Å². The minimum absolute atomic E-state index is 0.139. The molecule has 1 unspecified atom stereocenters. The van der Waals surface area contributed by atoms with Crippen molar-refractivity contribution in [1.29, 1.82) is 0 Å². The fraction of sp³-hybridized carbons (Fsp3) is 0.875. The summed E-state index contributed by atoms with van der Waals surface area (Å²) in [6, 6.07) is -0.172. The van der Waals surface area contributed by atoms with Crippen molar-refractivity contribution in [3.05, 3.63) is 0 Å². The number of carbonyl (C=O) groups excluding carboxylic acids is 1. The van der Waals surface area contributed by atoms with Gasteiger partial charge in [0.25, 0.3) is 0 Å². The Balaban J connectivity index is 2.08. The molecule has 0 amide bonds. The van der Waals surface area contributed by atoms with Crippen LogP contribution in [0.1, 0.15) is 19.8 Å². The summed E-state index contributed by atoms with van der Waals surface area (Å²) in [4.78, 5) is 11.0. The molecule has 3 heteroatoms. The van der Waals surface area contributed by atoms with Crippen LogP contribution in [0.2, 0.25) is 0 Å². The predicted octanol–water partition coefficient (Wildman–Crippen LogP) is 0.547. The molecule has 11 heavy (non-hydrogen) atoms. The molecule has 0 aromatic carbocycles. The Morgan fingerprint density at radius 3 is 2.82 bits per heavy atom. The molecule has 0 aromatic rings. The Bertz CT molecular complexity index is 143. The maximum atomic E-state index is 11.0. The van der Waals surface area contributed by atoms with Crippen molar-refractivity contribution >= 4 is 5.97 Å². The molecular weight excluding hydrogens is 142 g/mol. The van der Waals surface area contributed by atoms with Crippen LogP contribution in [0.3, 0.4) is 0 Å². The molecule has 3 nitrogen and oxygen atoms in total. The van der Waals surface area contributed by atoms with Crippen molar-refractivity contribution in [2.24, 2.45) is 5.92 Å². The first-order valence-electron chi connectivity index (χ1n) is 4.08. The predicted molar refractivity (Wildman–Crippen MR) is 42.2 cm³/mol.